The maximum absolute atomic E-state index is 7.00. The van der Waals surface area contributed by atoms with E-state index in [1.165, 1.54) is 75.0 Å². The molecule has 0 aliphatic heterocycles. The van der Waals surface area contributed by atoms with Gasteiger partial charge in [0.15, 0.2) is 0 Å². The number of nitrogens with zero attached hydrogens (tertiary/aromatic N) is 2. The number of para-hydroxylation sites is 3. The zero-order valence-electron chi connectivity index (χ0n) is 36.8. The van der Waals surface area contributed by atoms with Crippen molar-refractivity contribution in [1.29, 1.82) is 0 Å². The Morgan fingerprint density at radius 1 is 0.368 bits per heavy atom. The molecule has 0 saturated heterocycles. The van der Waals surface area contributed by atoms with E-state index in [0.717, 1.165) is 55.8 Å². The van der Waals surface area contributed by atoms with Crippen LogP contribution in [0.4, 0.5) is 17.1 Å². The van der Waals surface area contributed by atoms with Crippen LogP contribution in [0.3, 0.4) is 0 Å². The maximum Gasteiger partial charge on any atom is 0.145 e. The van der Waals surface area contributed by atoms with Crippen molar-refractivity contribution in [3.63, 3.8) is 0 Å². The van der Waals surface area contributed by atoms with Gasteiger partial charge in [0, 0.05) is 59.0 Å². The SMILES string of the molecule is c1cc(-c2ccc(N(c3ccc(-c4ccc5ccccc5c4)cc3)c3ccc(-c4cccc5sc6ccccc6c45)cc3)c3c2oc2ccccc23)cc(-n2c3ccccc3c3ccccc32)c1. The van der Waals surface area contributed by atoms with Crippen LogP contribution in [0.5, 0.6) is 0 Å². The monoisotopic (exact) mass is 884 g/mol. The van der Waals surface area contributed by atoms with Gasteiger partial charge in [-0.1, -0.05) is 158 Å². The van der Waals surface area contributed by atoms with Gasteiger partial charge in [0.25, 0.3) is 0 Å². The lowest BCUT2D eigenvalue weighted by molar-refractivity contribution is 0.670. The summed E-state index contributed by atoms with van der Waals surface area (Å²) in [5.41, 5.74) is 15.3. The molecule has 3 aromatic heterocycles. The van der Waals surface area contributed by atoms with Gasteiger partial charge >= 0.3 is 0 Å². The molecule has 0 amide bonds. The first kappa shape index (κ1) is 38.6. The second-order valence-electron chi connectivity index (χ2n) is 17.6. The fraction of sp³-hybridized carbons (Fsp3) is 0. The van der Waals surface area contributed by atoms with Crippen molar-refractivity contribution in [2.24, 2.45) is 0 Å². The second-order valence-corrected chi connectivity index (χ2v) is 18.7. The average Bonchev–Trinajstić information content (AvgIpc) is 4.10. The molecule has 0 unspecified atom stereocenters. The van der Waals surface area contributed by atoms with Crippen molar-refractivity contribution in [3.05, 3.63) is 243 Å². The van der Waals surface area contributed by atoms with Crippen LogP contribution >= 0.6 is 11.3 Å². The molecule has 0 aliphatic rings. The quantitative estimate of drug-likeness (QED) is 0.159. The zero-order valence-corrected chi connectivity index (χ0v) is 37.6. The molecule has 0 spiro atoms. The van der Waals surface area contributed by atoms with Gasteiger partial charge in [0.1, 0.15) is 11.2 Å². The Balaban J connectivity index is 0.947. The van der Waals surface area contributed by atoms with Gasteiger partial charge in [-0.05, 0) is 124 Å². The summed E-state index contributed by atoms with van der Waals surface area (Å²) in [6.45, 7) is 0. The Bertz CT molecular complexity index is 4210. The van der Waals surface area contributed by atoms with Gasteiger partial charge in [-0.15, -0.1) is 11.3 Å². The summed E-state index contributed by atoms with van der Waals surface area (Å²) in [4.78, 5) is 2.40. The number of hydrogen-bond donors (Lipinski definition) is 0. The van der Waals surface area contributed by atoms with Crippen LogP contribution in [-0.2, 0) is 0 Å². The second kappa shape index (κ2) is 15.5. The number of thiophene rings is 1. The van der Waals surface area contributed by atoms with Gasteiger partial charge in [-0.3, -0.25) is 0 Å². The van der Waals surface area contributed by atoms with Crippen molar-refractivity contribution in [2.45, 2.75) is 0 Å². The smallest absolute Gasteiger partial charge is 0.145 e. The number of hydrogen-bond acceptors (Lipinski definition) is 3. The standard InChI is InChI=1S/C64H40N2OS/c1-2-14-44-39-45(28-27-41(44)13-1)42-29-33-47(34-30-42)65(48-35-31-43(32-36-48)50-21-12-26-61-62(50)55-20-6-10-25-60(55)68-61)58-38-37-51(64-63(58)54-19-5-9-24-59(54)67-64)46-15-11-16-49(40-46)66-56-22-7-3-17-52(56)53-18-4-8-23-57(53)66/h1-40H. The molecule has 0 atom stereocenters. The highest BCUT2D eigenvalue weighted by molar-refractivity contribution is 7.25. The van der Waals surface area contributed by atoms with Crippen molar-refractivity contribution in [3.8, 4) is 39.1 Å². The lowest BCUT2D eigenvalue weighted by Gasteiger charge is -2.27. The van der Waals surface area contributed by atoms with Crippen LogP contribution < -0.4 is 4.90 Å². The third-order valence-electron chi connectivity index (χ3n) is 13.8. The van der Waals surface area contributed by atoms with E-state index < -0.39 is 0 Å². The summed E-state index contributed by atoms with van der Waals surface area (Å²) >= 11 is 1.86. The Hall–Kier alpha value is -8.70. The van der Waals surface area contributed by atoms with Crippen LogP contribution in [-0.4, -0.2) is 4.57 Å². The minimum absolute atomic E-state index is 0.854. The van der Waals surface area contributed by atoms with E-state index >= 15 is 0 Å². The van der Waals surface area contributed by atoms with E-state index in [2.05, 4.69) is 252 Å². The van der Waals surface area contributed by atoms with Crippen molar-refractivity contribution in [2.75, 3.05) is 4.90 Å². The fourth-order valence-corrected chi connectivity index (χ4v) is 11.8. The topological polar surface area (TPSA) is 21.3 Å². The third kappa shape index (κ3) is 6.12. The number of aromatic nitrogens is 1. The average molecular weight is 885 g/mol. The van der Waals surface area contributed by atoms with E-state index in [1.807, 2.05) is 11.3 Å². The molecule has 3 nitrogen and oxygen atoms in total. The molecular formula is C64H40N2OS. The Kier molecular flexibility index (Phi) is 8.76. The molecule has 68 heavy (non-hydrogen) atoms. The number of fused-ring (bicyclic) bond motifs is 10. The van der Waals surface area contributed by atoms with Crippen LogP contribution in [0.25, 0.3) is 114 Å². The molecule has 4 heteroatoms. The lowest BCUT2D eigenvalue weighted by atomic mass is 9.97. The molecule has 0 radical (unpaired) electrons. The highest BCUT2D eigenvalue weighted by Crippen LogP contribution is 2.48. The van der Waals surface area contributed by atoms with Crippen LogP contribution in [0.2, 0.25) is 0 Å². The van der Waals surface area contributed by atoms with E-state index in [1.54, 1.807) is 0 Å². The summed E-state index contributed by atoms with van der Waals surface area (Å²) < 4.78 is 12.0. The number of benzene rings is 11. The molecule has 3 heterocycles. The van der Waals surface area contributed by atoms with E-state index in [9.17, 15) is 0 Å². The minimum atomic E-state index is 0.854. The molecule has 14 rings (SSSR count). The third-order valence-corrected chi connectivity index (χ3v) is 14.9. The van der Waals surface area contributed by atoms with Crippen LogP contribution in [0.1, 0.15) is 0 Å². The maximum atomic E-state index is 7.00. The van der Waals surface area contributed by atoms with E-state index in [-0.39, 0.29) is 0 Å². The molecule has 11 aromatic carbocycles. The highest BCUT2D eigenvalue weighted by Gasteiger charge is 2.23. The number of rotatable bonds is 7. The first-order valence-electron chi connectivity index (χ1n) is 23.2. The number of furan rings is 1. The summed E-state index contributed by atoms with van der Waals surface area (Å²) in [6.07, 6.45) is 0. The van der Waals surface area contributed by atoms with Crippen molar-refractivity contribution < 1.29 is 4.42 Å². The van der Waals surface area contributed by atoms with Gasteiger partial charge in [-0.2, -0.15) is 0 Å². The Morgan fingerprint density at radius 2 is 0.985 bits per heavy atom. The molecular weight excluding hydrogens is 845 g/mol. The van der Waals surface area contributed by atoms with Crippen molar-refractivity contribution >= 4 is 103 Å². The Labute approximate surface area is 396 Å². The normalized spacial score (nSPS) is 11.8. The van der Waals surface area contributed by atoms with Gasteiger partial charge in [0.2, 0.25) is 0 Å². The first-order chi connectivity index (χ1) is 33.7. The lowest BCUT2D eigenvalue weighted by Crippen LogP contribution is -2.10. The number of anilines is 3. The van der Waals surface area contributed by atoms with Gasteiger partial charge in [0.05, 0.1) is 22.1 Å². The molecule has 0 aliphatic carbocycles. The predicted molar refractivity (Wildman–Crippen MR) is 289 cm³/mol. The van der Waals surface area contributed by atoms with Crippen LogP contribution in [0, 0.1) is 0 Å². The van der Waals surface area contributed by atoms with Gasteiger partial charge in [-0.25, -0.2) is 0 Å². The van der Waals surface area contributed by atoms with Crippen LogP contribution in [0.15, 0.2) is 247 Å². The largest absolute Gasteiger partial charge is 0.455 e. The molecule has 0 bridgehead atoms. The highest BCUT2D eigenvalue weighted by atomic mass is 32.1. The predicted octanol–water partition coefficient (Wildman–Crippen LogP) is 18.7. The molecule has 318 valence electrons. The van der Waals surface area contributed by atoms with E-state index in [4.69, 9.17) is 4.42 Å². The summed E-state index contributed by atoms with van der Waals surface area (Å²) in [5, 5.41) is 9.71. The molecule has 0 fully saturated rings. The zero-order chi connectivity index (χ0) is 44.7. The summed E-state index contributed by atoms with van der Waals surface area (Å²) in [7, 11) is 0. The summed E-state index contributed by atoms with van der Waals surface area (Å²) in [6, 6.07) is 88.1. The minimum Gasteiger partial charge on any atom is -0.455 e. The van der Waals surface area contributed by atoms with Gasteiger partial charge < -0.3 is 13.9 Å². The van der Waals surface area contributed by atoms with Crippen molar-refractivity contribution in [1.82, 2.24) is 4.57 Å². The fourth-order valence-electron chi connectivity index (χ4n) is 10.6. The first-order valence-corrected chi connectivity index (χ1v) is 24.0. The molecule has 0 saturated carbocycles. The summed E-state index contributed by atoms with van der Waals surface area (Å²) in [5.74, 6) is 0. The molecule has 0 N–H and O–H groups in total. The van der Waals surface area contributed by atoms with E-state index in [0.29, 0.717) is 0 Å². The molecule has 14 aromatic rings. The Morgan fingerprint density at radius 3 is 1.76 bits per heavy atom.